The summed E-state index contributed by atoms with van der Waals surface area (Å²) in [6, 6.07) is 6.44. The lowest BCUT2D eigenvalue weighted by Gasteiger charge is -2.19. The Morgan fingerprint density at radius 2 is 1.88 bits per heavy atom. The fourth-order valence-corrected chi connectivity index (χ4v) is 3.60. The van der Waals surface area contributed by atoms with Crippen LogP contribution >= 0.6 is 0 Å². The number of carbonyl (C=O) groups is 4. The van der Waals surface area contributed by atoms with Gasteiger partial charge in [0.25, 0.3) is 0 Å². The molecule has 3 rings (SSSR count). The molecule has 1 aromatic carbocycles. The van der Waals surface area contributed by atoms with E-state index in [1.807, 2.05) is 12.2 Å². The predicted molar refractivity (Wildman–Crippen MR) is 144 cm³/mol. The summed E-state index contributed by atoms with van der Waals surface area (Å²) in [6.07, 6.45) is -1.45. The number of hydrogen-bond acceptors (Lipinski definition) is 10. The number of aryl methyl sites for hydroxylation is 1. The van der Waals surface area contributed by atoms with Crippen molar-refractivity contribution < 1.29 is 41.8 Å². The lowest BCUT2D eigenvalue weighted by atomic mass is 10.2. The van der Waals surface area contributed by atoms with Gasteiger partial charge in [0.2, 0.25) is 11.9 Å². The summed E-state index contributed by atoms with van der Waals surface area (Å²) in [5.74, 6) is -4.52. The number of rotatable bonds is 13. The molecule has 3 aromatic rings. The molecule has 2 aromatic heterocycles. The first kappa shape index (κ1) is 32.3. The zero-order valence-electron chi connectivity index (χ0n) is 22.8. The van der Waals surface area contributed by atoms with Crippen LogP contribution in [-0.2, 0) is 43.4 Å². The molecular formula is C26H28F3N7O7. The summed E-state index contributed by atoms with van der Waals surface area (Å²) >= 11 is 0. The molecule has 0 aliphatic heterocycles. The highest BCUT2D eigenvalue weighted by molar-refractivity contribution is 5.92. The first-order valence-electron chi connectivity index (χ1n) is 12.9. The molecule has 0 fully saturated rings. The summed E-state index contributed by atoms with van der Waals surface area (Å²) in [6.45, 7) is 0.947. The van der Waals surface area contributed by atoms with Crippen molar-refractivity contribution in [2.24, 2.45) is 0 Å². The van der Waals surface area contributed by atoms with Crippen LogP contribution in [0.1, 0.15) is 30.9 Å². The summed E-state index contributed by atoms with van der Waals surface area (Å²) < 4.78 is 48.0. The Balaban J connectivity index is 1.74. The summed E-state index contributed by atoms with van der Waals surface area (Å²) in [7, 11) is 0. The molecule has 0 aliphatic carbocycles. The normalized spacial score (nSPS) is 11.7. The van der Waals surface area contributed by atoms with Gasteiger partial charge in [-0.3, -0.25) is 14.7 Å². The fraction of sp³-hybridized carbons (Fsp3) is 0.346. The highest BCUT2D eigenvalue weighted by atomic mass is 19.4. The van der Waals surface area contributed by atoms with Crippen LogP contribution in [0, 0.1) is 0 Å². The van der Waals surface area contributed by atoms with Gasteiger partial charge in [-0.05, 0) is 12.0 Å². The number of imidazole rings is 1. The number of nitrogens with zero attached hydrogens (tertiary/aromatic N) is 3. The first-order chi connectivity index (χ1) is 20.5. The molecule has 230 valence electrons. The number of halogens is 3. The molecule has 17 heteroatoms. The van der Waals surface area contributed by atoms with Crippen LogP contribution in [0.2, 0.25) is 0 Å². The Kier molecular flexibility index (Phi) is 11.4. The number of aromatic nitrogens is 4. The minimum absolute atomic E-state index is 0.00675. The van der Waals surface area contributed by atoms with Crippen molar-refractivity contribution in [3.05, 3.63) is 70.5 Å². The van der Waals surface area contributed by atoms with Crippen LogP contribution in [0.15, 0.2) is 53.7 Å². The molecule has 43 heavy (non-hydrogen) atoms. The summed E-state index contributed by atoms with van der Waals surface area (Å²) in [5.41, 5.74) is 0.107. The minimum atomic E-state index is -5.48. The minimum Gasteiger partial charge on any atom is -0.445 e. The van der Waals surface area contributed by atoms with Crippen molar-refractivity contribution in [1.82, 2.24) is 24.8 Å². The van der Waals surface area contributed by atoms with E-state index >= 15 is 0 Å². The van der Waals surface area contributed by atoms with Crippen LogP contribution in [0.25, 0.3) is 0 Å². The van der Waals surface area contributed by atoms with Crippen molar-refractivity contribution in [2.75, 3.05) is 17.2 Å². The Bertz CT molecular complexity index is 1460. The molecule has 0 bridgehead atoms. The van der Waals surface area contributed by atoms with E-state index in [1.54, 1.807) is 30.3 Å². The van der Waals surface area contributed by atoms with E-state index < -0.39 is 42.5 Å². The number of carbonyl (C=O) groups excluding carboxylic acids is 4. The average molecular weight is 608 g/mol. The van der Waals surface area contributed by atoms with Crippen molar-refractivity contribution in [1.29, 1.82) is 0 Å². The number of benzene rings is 1. The molecule has 0 radical (unpaired) electrons. The lowest BCUT2D eigenvalue weighted by Crippen LogP contribution is -2.48. The van der Waals surface area contributed by atoms with Gasteiger partial charge in [-0.1, -0.05) is 43.7 Å². The maximum Gasteiger partial charge on any atom is 0.491 e. The standard InChI is InChI=1S/C26H28F3N7O7/c1-2-6-17-13-36(24(40)35-20(17)30-10-9-19(37)34-23-31-11-12-32-23)14-18(21(38)43-22(39)26(27,28)29)33-25(41)42-15-16-7-4-3-5-8-16/h3-5,7-8,11-13,18H,2,6,9-10,14-15H2,1H3,(H,33,41)(H,30,35,40)(H2,31,32,34,37)/t18-/m0/s1. The maximum absolute atomic E-state index is 12.8. The summed E-state index contributed by atoms with van der Waals surface area (Å²) in [5, 5.41) is 7.48. The SMILES string of the molecule is CCCc1cn(C[C@H](NC(=O)OCc2ccccc2)C(=O)OC(=O)C(F)(F)F)c(=O)nc1NCCC(=O)Nc1ncc[nH]1. The molecule has 14 nitrogen and oxygen atoms in total. The second-order valence-corrected chi connectivity index (χ2v) is 8.93. The second kappa shape index (κ2) is 15.1. The number of esters is 2. The Labute approximate surface area is 242 Å². The molecule has 4 N–H and O–H groups in total. The third-order valence-corrected chi connectivity index (χ3v) is 5.58. The summed E-state index contributed by atoms with van der Waals surface area (Å²) in [4.78, 5) is 71.6. The Hall–Kier alpha value is -5.22. The molecule has 2 amide bonds. The van der Waals surface area contributed by atoms with Gasteiger partial charge in [0.15, 0.2) is 0 Å². The van der Waals surface area contributed by atoms with E-state index in [4.69, 9.17) is 4.74 Å². The van der Waals surface area contributed by atoms with Gasteiger partial charge in [-0.25, -0.2) is 24.2 Å². The molecule has 0 saturated carbocycles. The highest BCUT2D eigenvalue weighted by Gasteiger charge is 2.43. The number of hydrogen-bond donors (Lipinski definition) is 4. The van der Waals surface area contributed by atoms with Gasteiger partial charge in [-0.15, -0.1) is 0 Å². The second-order valence-electron chi connectivity index (χ2n) is 8.93. The lowest BCUT2D eigenvalue weighted by molar-refractivity contribution is -0.202. The average Bonchev–Trinajstić information content (AvgIpc) is 3.46. The number of alkyl halides is 3. The van der Waals surface area contributed by atoms with Gasteiger partial charge in [0.05, 0.1) is 6.54 Å². The van der Waals surface area contributed by atoms with Crippen molar-refractivity contribution >= 4 is 35.7 Å². The van der Waals surface area contributed by atoms with E-state index in [9.17, 15) is 37.1 Å². The van der Waals surface area contributed by atoms with Gasteiger partial charge in [0.1, 0.15) is 18.5 Å². The maximum atomic E-state index is 12.8. The molecule has 0 aliphatic rings. The van der Waals surface area contributed by atoms with Crippen molar-refractivity contribution in [2.45, 2.75) is 51.6 Å². The molecule has 0 spiro atoms. The molecule has 2 heterocycles. The van der Waals surface area contributed by atoms with Crippen molar-refractivity contribution in [3.63, 3.8) is 0 Å². The topological polar surface area (TPSA) is 186 Å². The third kappa shape index (κ3) is 10.3. The molecule has 1 atom stereocenters. The van der Waals surface area contributed by atoms with E-state index in [0.29, 0.717) is 24.0 Å². The van der Waals surface area contributed by atoms with Gasteiger partial charge in [0, 0.05) is 37.1 Å². The van der Waals surface area contributed by atoms with Crippen molar-refractivity contribution in [3.8, 4) is 0 Å². The van der Waals surface area contributed by atoms with Crippen LogP contribution in [0.4, 0.5) is 29.7 Å². The number of amides is 2. The number of anilines is 2. The van der Waals surface area contributed by atoms with Crippen LogP contribution in [0.5, 0.6) is 0 Å². The molecular weight excluding hydrogens is 579 g/mol. The molecule has 0 unspecified atom stereocenters. The zero-order chi connectivity index (χ0) is 31.4. The van der Waals surface area contributed by atoms with Gasteiger partial charge >= 0.3 is 29.9 Å². The Morgan fingerprint density at radius 3 is 2.53 bits per heavy atom. The fourth-order valence-electron chi connectivity index (χ4n) is 3.60. The molecule has 0 saturated heterocycles. The zero-order valence-corrected chi connectivity index (χ0v) is 22.8. The van der Waals surface area contributed by atoms with Gasteiger partial charge in [-0.2, -0.15) is 18.2 Å². The van der Waals surface area contributed by atoms with E-state index in [0.717, 1.165) is 4.57 Å². The first-order valence-corrected chi connectivity index (χ1v) is 12.9. The largest absolute Gasteiger partial charge is 0.491 e. The third-order valence-electron chi connectivity index (χ3n) is 5.58. The van der Waals surface area contributed by atoms with E-state index in [-0.39, 0.29) is 37.2 Å². The van der Waals surface area contributed by atoms with Crippen LogP contribution in [-0.4, -0.2) is 62.2 Å². The van der Waals surface area contributed by atoms with Crippen LogP contribution in [0.3, 0.4) is 0 Å². The van der Waals surface area contributed by atoms with Crippen LogP contribution < -0.4 is 21.6 Å². The number of aromatic amines is 1. The number of H-pyrrole nitrogens is 1. The monoisotopic (exact) mass is 607 g/mol. The highest BCUT2D eigenvalue weighted by Crippen LogP contribution is 2.17. The number of nitrogens with one attached hydrogen (secondary N) is 4. The van der Waals surface area contributed by atoms with E-state index in [2.05, 4.69) is 30.3 Å². The number of ether oxygens (including phenoxy) is 2. The quantitative estimate of drug-likeness (QED) is 0.166. The smallest absolute Gasteiger partial charge is 0.445 e. The van der Waals surface area contributed by atoms with Gasteiger partial charge < -0.3 is 25.1 Å². The predicted octanol–water partition coefficient (Wildman–Crippen LogP) is 2.29. The number of alkyl carbamates (subject to hydrolysis) is 1. The van der Waals surface area contributed by atoms with E-state index in [1.165, 1.54) is 18.6 Å². The Morgan fingerprint density at radius 1 is 1.14 bits per heavy atom.